The summed E-state index contributed by atoms with van der Waals surface area (Å²) in [6.45, 7) is 13.2. The van der Waals surface area contributed by atoms with E-state index in [9.17, 15) is 0 Å². The van der Waals surface area contributed by atoms with Crippen molar-refractivity contribution in [2.75, 3.05) is 38.6 Å². The molecule has 0 radical (unpaired) electrons. The van der Waals surface area contributed by atoms with Crippen molar-refractivity contribution in [3.05, 3.63) is 30.3 Å². The van der Waals surface area contributed by atoms with Gasteiger partial charge in [-0.25, -0.2) is 0 Å². The molecule has 23 heavy (non-hydrogen) atoms. The lowest BCUT2D eigenvalue weighted by atomic mass is 10.2. The van der Waals surface area contributed by atoms with Crippen molar-refractivity contribution < 1.29 is 4.74 Å². The van der Waals surface area contributed by atoms with E-state index < -0.39 is 0 Å². The summed E-state index contributed by atoms with van der Waals surface area (Å²) in [5.41, 5.74) is 6.16. The molecule has 1 aliphatic rings. The summed E-state index contributed by atoms with van der Waals surface area (Å²) >= 11 is 1.85. The molecule has 1 aromatic rings. The van der Waals surface area contributed by atoms with Gasteiger partial charge in [0.1, 0.15) is 0 Å². The first-order valence-electron chi connectivity index (χ1n) is 8.99. The molecule has 0 aliphatic carbocycles. The van der Waals surface area contributed by atoms with E-state index in [1.165, 1.54) is 11.3 Å². The van der Waals surface area contributed by atoms with Crippen molar-refractivity contribution in [2.24, 2.45) is 5.73 Å². The summed E-state index contributed by atoms with van der Waals surface area (Å²) in [7, 11) is 0. The Balaban J connectivity index is 0.000000868. The highest BCUT2D eigenvalue weighted by molar-refractivity contribution is 7.99. The van der Waals surface area contributed by atoms with Gasteiger partial charge >= 0.3 is 0 Å². The van der Waals surface area contributed by atoms with E-state index in [2.05, 4.69) is 43.0 Å². The van der Waals surface area contributed by atoms with Gasteiger partial charge < -0.3 is 10.5 Å². The monoisotopic (exact) mass is 340 g/mol. The molecule has 134 valence electrons. The molecule has 2 N–H and O–H groups in total. The first kappa shape index (κ1) is 22.4. The third-order valence-electron chi connectivity index (χ3n) is 3.13. The Morgan fingerprint density at radius 1 is 1.13 bits per heavy atom. The summed E-state index contributed by atoms with van der Waals surface area (Å²) in [5, 5.41) is 0. The van der Waals surface area contributed by atoms with Crippen molar-refractivity contribution in [3.63, 3.8) is 0 Å². The highest BCUT2D eigenvalue weighted by Crippen LogP contribution is 2.18. The van der Waals surface area contributed by atoms with E-state index >= 15 is 0 Å². The van der Waals surface area contributed by atoms with Gasteiger partial charge in [0.15, 0.2) is 0 Å². The molecule has 0 saturated carbocycles. The van der Waals surface area contributed by atoms with Gasteiger partial charge in [0.2, 0.25) is 0 Å². The SMILES string of the molecule is CC.CCC.NC(CCN1CCOCC1)CSc1ccccc1. The molecule has 4 heteroatoms. The van der Waals surface area contributed by atoms with Crippen molar-refractivity contribution in [2.45, 2.75) is 51.5 Å². The Morgan fingerprint density at radius 2 is 1.70 bits per heavy atom. The van der Waals surface area contributed by atoms with Crippen LogP contribution >= 0.6 is 11.8 Å². The largest absolute Gasteiger partial charge is 0.379 e. The smallest absolute Gasteiger partial charge is 0.0594 e. The molecule has 1 heterocycles. The Kier molecular flexibility index (Phi) is 15.9. The fourth-order valence-corrected chi connectivity index (χ4v) is 2.90. The van der Waals surface area contributed by atoms with Gasteiger partial charge in [0.25, 0.3) is 0 Å². The van der Waals surface area contributed by atoms with Crippen LogP contribution in [-0.4, -0.2) is 49.5 Å². The van der Waals surface area contributed by atoms with Crippen LogP contribution in [0.3, 0.4) is 0 Å². The van der Waals surface area contributed by atoms with E-state index in [1.54, 1.807) is 0 Å². The molecule has 1 atom stereocenters. The van der Waals surface area contributed by atoms with Crippen LogP contribution in [0.4, 0.5) is 0 Å². The molecule has 0 aromatic heterocycles. The minimum Gasteiger partial charge on any atom is -0.379 e. The van der Waals surface area contributed by atoms with Crippen LogP contribution in [-0.2, 0) is 4.74 Å². The summed E-state index contributed by atoms with van der Waals surface area (Å²) in [5.74, 6) is 0.994. The summed E-state index contributed by atoms with van der Waals surface area (Å²) in [6, 6.07) is 10.7. The maximum absolute atomic E-state index is 6.16. The van der Waals surface area contributed by atoms with Crippen LogP contribution in [0.5, 0.6) is 0 Å². The highest BCUT2D eigenvalue weighted by atomic mass is 32.2. The van der Waals surface area contributed by atoms with Crippen LogP contribution in [0.15, 0.2) is 35.2 Å². The Labute approximate surface area is 148 Å². The molecule has 1 aliphatic heterocycles. The first-order valence-corrected chi connectivity index (χ1v) is 9.98. The van der Waals surface area contributed by atoms with Gasteiger partial charge in [0, 0.05) is 29.8 Å². The summed E-state index contributed by atoms with van der Waals surface area (Å²) in [4.78, 5) is 3.75. The Morgan fingerprint density at radius 3 is 2.26 bits per heavy atom. The molecular formula is C19H36N2OS. The van der Waals surface area contributed by atoms with E-state index in [0.717, 1.165) is 45.0 Å². The number of rotatable bonds is 6. The van der Waals surface area contributed by atoms with Crippen molar-refractivity contribution >= 4 is 11.8 Å². The summed E-state index contributed by atoms with van der Waals surface area (Å²) in [6.07, 6.45) is 2.32. The normalized spacial score (nSPS) is 15.7. The van der Waals surface area contributed by atoms with Crippen molar-refractivity contribution in [3.8, 4) is 0 Å². The van der Waals surface area contributed by atoms with Gasteiger partial charge in [-0.05, 0) is 25.1 Å². The third-order valence-corrected chi connectivity index (χ3v) is 4.33. The average Bonchev–Trinajstić information content (AvgIpc) is 2.62. The van der Waals surface area contributed by atoms with Gasteiger partial charge in [-0.1, -0.05) is 52.3 Å². The second-order valence-electron chi connectivity index (χ2n) is 5.33. The molecule has 0 bridgehead atoms. The second-order valence-corrected chi connectivity index (χ2v) is 6.43. The lowest BCUT2D eigenvalue weighted by Crippen LogP contribution is -2.39. The zero-order valence-electron chi connectivity index (χ0n) is 15.5. The number of benzene rings is 1. The predicted molar refractivity (Wildman–Crippen MR) is 104 cm³/mol. The van der Waals surface area contributed by atoms with E-state index in [1.807, 2.05) is 31.7 Å². The number of nitrogens with two attached hydrogens (primary N) is 1. The number of thioether (sulfide) groups is 1. The number of nitrogens with zero attached hydrogens (tertiary/aromatic N) is 1. The molecule has 2 rings (SSSR count). The van der Waals surface area contributed by atoms with Crippen LogP contribution in [0, 0.1) is 0 Å². The zero-order valence-corrected chi connectivity index (χ0v) is 16.3. The summed E-state index contributed by atoms with van der Waals surface area (Å²) < 4.78 is 5.33. The van der Waals surface area contributed by atoms with Crippen LogP contribution in [0.25, 0.3) is 0 Å². The van der Waals surface area contributed by atoms with Gasteiger partial charge in [-0.3, -0.25) is 4.90 Å². The number of morpholine rings is 1. The van der Waals surface area contributed by atoms with E-state index in [0.29, 0.717) is 0 Å². The topological polar surface area (TPSA) is 38.5 Å². The number of hydrogen-bond acceptors (Lipinski definition) is 4. The van der Waals surface area contributed by atoms with E-state index in [-0.39, 0.29) is 6.04 Å². The van der Waals surface area contributed by atoms with Crippen LogP contribution in [0.2, 0.25) is 0 Å². The highest BCUT2D eigenvalue weighted by Gasteiger charge is 2.11. The van der Waals surface area contributed by atoms with Gasteiger partial charge in [0.05, 0.1) is 13.2 Å². The van der Waals surface area contributed by atoms with Crippen molar-refractivity contribution in [1.29, 1.82) is 0 Å². The fraction of sp³-hybridized carbons (Fsp3) is 0.684. The van der Waals surface area contributed by atoms with Crippen LogP contribution < -0.4 is 5.73 Å². The molecule has 1 fully saturated rings. The van der Waals surface area contributed by atoms with Gasteiger partial charge in [-0.2, -0.15) is 0 Å². The maximum atomic E-state index is 6.16. The standard InChI is InChI=1S/C14H22N2OS.C3H8.C2H6/c15-13(6-7-16-8-10-17-11-9-16)12-18-14-4-2-1-3-5-14;1-3-2;1-2/h1-5,13H,6-12,15H2;3H2,1-2H3;1-2H3. The molecular weight excluding hydrogens is 304 g/mol. The molecule has 1 saturated heterocycles. The maximum Gasteiger partial charge on any atom is 0.0594 e. The zero-order chi connectivity index (χ0) is 17.3. The Bertz CT molecular complexity index is 342. The third kappa shape index (κ3) is 12.5. The molecule has 0 spiro atoms. The van der Waals surface area contributed by atoms with Crippen molar-refractivity contribution in [1.82, 2.24) is 4.90 Å². The number of hydrogen-bond donors (Lipinski definition) is 1. The molecule has 3 nitrogen and oxygen atoms in total. The lowest BCUT2D eigenvalue weighted by molar-refractivity contribution is 0.0369. The minimum absolute atomic E-state index is 0.276. The first-order chi connectivity index (χ1) is 11.3. The fourth-order valence-electron chi connectivity index (χ4n) is 1.98. The second kappa shape index (κ2) is 16.3. The molecule has 1 aromatic carbocycles. The average molecular weight is 341 g/mol. The predicted octanol–water partition coefficient (Wildman–Crippen LogP) is 4.27. The van der Waals surface area contributed by atoms with E-state index in [4.69, 9.17) is 10.5 Å². The minimum atomic E-state index is 0.276. The quantitative estimate of drug-likeness (QED) is 0.785. The van der Waals surface area contributed by atoms with Crippen LogP contribution in [0.1, 0.15) is 40.5 Å². The molecule has 0 amide bonds. The van der Waals surface area contributed by atoms with Gasteiger partial charge in [-0.15, -0.1) is 11.8 Å². The Hall–Kier alpha value is -0.550. The molecule has 1 unspecified atom stereocenters. The number of ether oxygens (including phenoxy) is 1. The lowest BCUT2D eigenvalue weighted by Gasteiger charge is -2.27.